The van der Waals surface area contributed by atoms with E-state index in [1.54, 1.807) is 26.5 Å². The van der Waals surface area contributed by atoms with Crippen molar-refractivity contribution < 1.29 is 19.4 Å². The number of pyridine rings is 1. The van der Waals surface area contributed by atoms with E-state index in [0.29, 0.717) is 17.1 Å². The first-order chi connectivity index (χ1) is 15.0. The van der Waals surface area contributed by atoms with E-state index in [9.17, 15) is 9.90 Å². The smallest absolute Gasteiger partial charge is 0.271 e. The number of aromatic hydroxyl groups is 1. The minimum atomic E-state index is -0.464. The lowest BCUT2D eigenvalue weighted by Crippen LogP contribution is -2.17. The Labute approximate surface area is 184 Å². The van der Waals surface area contributed by atoms with Crippen LogP contribution in [0.2, 0.25) is 5.02 Å². The highest BCUT2D eigenvalue weighted by Gasteiger charge is 2.11. The molecule has 158 valence electrons. The summed E-state index contributed by atoms with van der Waals surface area (Å²) < 4.78 is 10.9. The summed E-state index contributed by atoms with van der Waals surface area (Å²) in [4.78, 5) is 16.5. The van der Waals surface area contributed by atoms with Crippen LogP contribution in [0.5, 0.6) is 17.2 Å². The zero-order valence-electron chi connectivity index (χ0n) is 16.9. The molecular weight excluding hydrogens is 418 g/mol. The zero-order valence-corrected chi connectivity index (χ0v) is 17.6. The summed E-state index contributed by atoms with van der Waals surface area (Å²) in [6, 6.07) is 13.4. The highest BCUT2D eigenvalue weighted by molar-refractivity contribution is 6.32. The first-order valence-corrected chi connectivity index (χ1v) is 9.56. The number of carbonyl (C=O) groups excluding carboxylic acids is 1. The number of halogens is 1. The molecule has 0 saturated carbocycles. The van der Waals surface area contributed by atoms with Crippen molar-refractivity contribution in [3.63, 3.8) is 0 Å². The predicted octanol–water partition coefficient (Wildman–Crippen LogP) is 4.39. The number of hydrazone groups is 1. The largest absolute Gasteiger partial charge is 0.506 e. The van der Waals surface area contributed by atoms with Gasteiger partial charge in [-0.15, -0.1) is 0 Å². The second-order valence-electron chi connectivity index (χ2n) is 6.30. The molecule has 0 fully saturated rings. The minimum absolute atomic E-state index is 0.0841. The van der Waals surface area contributed by atoms with E-state index < -0.39 is 5.91 Å². The summed E-state index contributed by atoms with van der Waals surface area (Å²) in [6.45, 7) is 0. The third-order valence-electron chi connectivity index (χ3n) is 4.24. The molecule has 1 aromatic heterocycles. The molecule has 1 heterocycles. The van der Waals surface area contributed by atoms with Gasteiger partial charge in [0.2, 0.25) is 0 Å². The normalized spacial score (nSPS) is 11.1. The van der Waals surface area contributed by atoms with Crippen LogP contribution in [-0.2, 0) is 0 Å². The van der Waals surface area contributed by atoms with Gasteiger partial charge in [0.15, 0.2) is 11.5 Å². The summed E-state index contributed by atoms with van der Waals surface area (Å²) in [5.41, 5.74) is 4.93. The van der Waals surface area contributed by atoms with Gasteiger partial charge in [-0.1, -0.05) is 17.7 Å². The topological polar surface area (TPSA) is 93.0 Å². The average Bonchev–Trinajstić information content (AvgIpc) is 2.79. The third kappa shape index (κ3) is 5.61. The van der Waals surface area contributed by atoms with Gasteiger partial charge in [-0.2, -0.15) is 5.10 Å². The summed E-state index contributed by atoms with van der Waals surface area (Å²) in [5, 5.41) is 13.5. The Hall–Kier alpha value is -3.84. The molecule has 2 aromatic carbocycles. The zero-order chi connectivity index (χ0) is 22.2. The molecule has 0 bridgehead atoms. The van der Waals surface area contributed by atoms with Crippen LogP contribution in [0.4, 0.5) is 0 Å². The first-order valence-electron chi connectivity index (χ1n) is 9.19. The van der Waals surface area contributed by atoms with Gasteiger partial charge in [0, 0.05) is 17.3 Å². The Balaban J connectivity index is 1.82. The molecule has 3 rings (SSSR count). The standard InChI is InChI=1S/C23H20ClN3O4/c1-30-21-12-15(14-26-27-23(29)17-7-9-20(28)19(24)13-17)11-16(22(21)31-2)6-8-18-5-3-4-10-25-18/h3-14,28H,1-2H3,(H,27,29). The second kappa shape index (κ2) is 10.3. The monoisotopic (exact) mass is 437 g/mol. The van der Waals surface area contributed by atoms with E-state index in [0.717, 1.165) is 11.3 Å². The highest BCUT2D eigenvalue weighted by Crippen LogP contribution is 2.33. The number of ether oxygens (including phenoxy) is 2. The molecular formula is C23H20ClN3O4. The van der Waals surface area contributed by atoms with Gasteiger partial charge in [0.25, 0.3) is 5.91 Å². The SMILES string of the molecule is COc1cc(C=NNC(=O)c2ccc(O)c(Cl)c2)cc(C=Cc2ccccn2)c1OC. The minimum Gasteiger partial charge on any atom is -0.506 e. The summed E-state index contributed by atoms with van der Waals surface area (Å²) in [6.07, 6.45) is 6.91. The Morgan fingerprint density at radius 1 is 1.13 bits per heavy atom. The van der Waals surface area contributed by atoms with Crippen LogP contribution in [0.3, 0.4) is 0 Å². The Morgan fingerprint density at radius 3 is 2.65 bits per heavy atom. The van der Waals surface area contributed by atoms with Gasteiger partial charge in [0.1, 0.15) is 5.75 Å². The quantitative estimate of drug-likeness (QED) is 0.422. The van der Waals surface area contributed by atoms with Gasteiger partial charge in [-0.05, 0) is 60.2 Å². The molecule has 0 spiro atoms. The number of rotatable bonds is 7. The van der Waals surface area contributed by atoms with Gasteiger partial charge in [-0.3, -0.25) is 9.78 Å². The molecule has 0 radical (unpaired) electrons. The lowest BCUT2D eigenvalue weighted by molar-refractivity contribution is 0.0955. The number of nitrogens with one attached hydrogen (secondary N) is 1. The maximum Gasteiger partial charge on any atom is 0.271 e. The van der Waals surface area contributed by atoms with Crippen LogP contribution >= 0.6 is 11.6 Å². The molecule has 0 aliphatic heterocycles. The number of hydrogen-bond donors (Lipinski definition) is 2. The Kier molecular flexibility index (Phi) is 7.24. The Morgan fingerprint density at radius 2 is 1.97 bits per heavy atom. The van der Waals surface area contributed by atoms with Crippen molar-refractivity contribution in [2.45, 2.75) is 0 Å². The second-order valence-corrected chi connectivity index (χ2v) is 6.71. The Bertz CT molecular complexity index is 1130. The number of methoxy groups -OCH3 is 2. The van der Waals surface area contributed by atoms with E-state index in [1.165, 1.54) is 24.4 Å². The summed E-state index contributed by atoms with van der Waals surface area (Å²) in [7, 11) is 3.11. The van der Waals surface area contributed by atoms with Gasteiger partial charge in [0.05, 0.1) is 31.2 Å². The van der Waals surface area contributed by atoms with Gasteiger partial charge < -0.3 is 14.6 Å². The molecule has 31 heavy (non-hydrogen) atoms. The van der Waals surface area contributed by atoms with E-state index >= 15 is 0 Å². The van der Waals surface area contributed by atoms with Crippen molar-refractivity contribution in [3.05, 3.63) is 82.1 Å². The maximum atomic E-state index is 12.2. The molecule has 0 atom stereocenters. The molecule has 0 unspecified atom stereocenters. The maximum absolute atomic E-state index is 12.2. The molecule has 0 aliphatic carbocycles. The van der Waals surface area contributed by atoms with Crippen molar-refractivity contribution in [1.82, 2.24) is 10.4 Å². The van der Waals surface area contributed by atoms with Crippen LogP contribution in [0, 0.1) is 0 Å². The summed E-state index contributed by atoms with van der Waals surface area (Å²) >= 11 is 5.84. The fourth-order valence-electron chi connectivity index (χ4n) is 2.74. The molecule has 2 N–H and O–H groups in total. The molecule has 0 saturated heterocycles. The van der Waals surface area contributed by atoms with E-state index in [-0.39, 0.29) is 16.3 Å². The van der Waals surface area contributed by atoms with Crippen molar-refractivity contribution in [2.75, 3.05) is 14.2 Å². The number of hydrogen-bond acceptors (Lipinski definition) is 6. The highest BCUT2D eigenvalue weighted by atomic mass is 35.5. The number of phenols is 1. The van der Waals surface area contributed by atoms with Crippen LogP contribution in [-0.4, -0.2) is 36.4 Å². The number of nitrogens with zero attached hydrogens (tertiary/aromatic N) is 2. The van der Waals surface area contributed by atoms with Crippen molar-refractivity contribution >= 4 is 35.9 Å². The first kappa shape index (κ1) is 21.9. The van der Waals surface area contributed by atoms with Crippen LogP contribution in [0.25, 0.3) is 12.2 Å². The average molecular weight is 438 g/mol. The molecule has 7 nitrogen and oxygen atoms in total. The number of aromatic nitrogens is 1. The molecule has 3 aromatic rings. The predicted molar refractivity (Wildman–Crippen MR) is 121 cm³/mol. The number of phenolic OH excluding ortho intramolecular Hbond substituents is 1. The molecule has 1 amide bonds. The fraction of sp³-hybridized carbons (Fsp3) is 0.0870. The molecule has 0 aliphatic rings. The van der Waals surface area contributed by atoms with Gasteiger partial charge >= 0.3 is 0 Å². The van der Waals surface area contributed by atoms with Gasteiger partial charge in [-0.25, -0.2) is 5.43 Å². The lowest BCUT2D eigenvalue weighted by atomic mass is 10.1. The number of carbonyl (C=O) groups is 1. The van der Waals surface area contributed by atoms with Crippen molar-refractivity contribution in [2.24, 2.45) is 5.10 Å². The molecule has 8 heteroatoms. The van der Waals surface area contributed by atoms with E-state index in [2.05, 4.69) is 15.5 Å². The van der Waals surface area contributed by atoms with E-state index in [1.807, 2.05) is 36.4 Å². The van der Waals surface area contributed by atoms with Crippen LogP contribution in [0.1, 0.15) is 27.2 Å². The van der Waals surface area contributed by atoms with E-state index in [4.69, 9.17) is 21.1 Å². The van der Waals surface area contributed by atoms with Crippen LogP contribution in [0.15, 0.2) is 59.8 Å². The lowest BCUT2D eigenvalue weighted by Gasteiger charge is -2.12. The third-order valence-corrected chi connectivity index (χ3v) is 4.54. The number of amides is 1. The van der Waals surface area contributed by atoms with Crippen LogP contribution < -0.4 is 14.9 Å². The summed E-state index contributed by atoms with van der Waals surface area (Å²) in [5.74, 6) is 0.519. The fourth-order valence-corrected chi connectivity index (χ4v) is 2.92. The number of benzene rings is 2. The van der Waals surface area contributed by atoms with Crippen molar-refractivity contribution in [3.8, 4) is 17.2 Å². The van der Waals surface area contributed by atoms with Crippen molar-refractivity contribution in [1.29, 1.82) is 0 Å².